The smallest absolute Gasteiger partial charge is 0.280 e. The molecule has 2 aromatic heterocycles. The number of rotatable bonds is 0. The zero-order valence-electron chi connectivity index (χ0n) is 9.32. The highest BCUT2D eigenvalue weighted by atomic mass is 79.9. The van der Waals surface area contributed by atoms with Crippen molar-refractivity contribution in [3.63, 3.8) is 0 Å². The molecule has 0 N–H and O–H groups in total. The summed E-state index contributed by atoms with van der Waals surface area (Å²) in [5.74, 6) is 0.903. The van der Waals surface area contributed by atoms with Gasteiger partial charge in [-0.3, -0.25) is 9.36 Å². The maximum atomic E-state index is 12.3. The molecule has 0 aromatic carbocycles. The number of hydrogen-bond acceptors (Lipinski definition) is 3. The molecule has 3 heterocycles. The van der Waals surface area contributed by atoms with E-state index in [2.05, 4.69) is 25.9 Å². The lowest BCUT2D eigenvalue weighted by molar-refractivity contribution is 0.613. The number of hydrogen-bond donors (Lipinski definition) is 0. The van der Waals surface area contributed by atoms with Gasteiger partial charge in [0.05, 0.1) is 5.52 Å². The van der Waals surface area contributed by atoms with Gasteiger partial charge in [0.1, 0.15) is 5.82 Å². The standard InChI is InChI=1S/C12H12BrN3O/c13-8-6-9-11(14-7-8)12(17)16-5-3-1-2-4-10(16)15-9/h6-7H,1-5H2. The average Bonchev–Trinajstić information content (AvgIpc) is 2.54. The van der Waals surface area contributed by atoms with Gasteiger partial charge >= 0.3 is 0 Å². The third kappa shape index (κ3) is 1.88. The van der Waals surface area contributed by atoms with E-state index in [1.54, 1.807) is 10.8 Å². The van der Waals surface area contributed by atoms with Gasteiger partial charge in [-0.1, -0.05) is 6.42 Å². The van der Waals surface area contributed by atoms with Crippen LogP contribution in [0.25, 0.3) is 11.0 Å². The highest BCUT2D eigenvalue weighted by Crippen LogP contribution is 2.16. The van der Waals surface area contributed by atoms with Gasteiger partial charge in [-0.2, -0.15) is 0 Å². The Morgan fingerprint density at radius 2 is 2.18 bits per heavy atom. The minimum absolute atomic E-state index is 0.000556. The number of aryl methyl sites for hydroxylation is 1. The van der Waals surface area contributed by atoms with Crippen molar-refractivity contribution in [1.29, 1.82) is 0 Å². The van der Waals surface area contributed by atoms with E-state index in [0.29, 0.717) is 11.0 Å². The summed E-state index contributed by atoms with van der Waals surface area (Å²) in [6.07, 6.45) is 5.86. The summed E-state index contributed by atoms with van der Waals surface area (Å²) < 4.78 is 2.64. The van der Waals surface area contributed by atoms with Crippen LogP contribution in [0.4, 0.5) is 0 Å². The molecular weight excluding hydrogens is 282 g/mol. The normalized spacial score (nSPS) is 15.6. The largest absolute Gasteiger partial charge is 0.295 e. The van der Waals surface area contributed by atoms with Gasteiger partial charge in [-0.15, -0.1) is 0 Å². The Balaban J connectivity index is 2.33. The van der Waals surface area contributed by atoms with E-state index in [4.69, 9.17) is 0 Å². The molecule has 5 heteroatoms. The van der Waals surface area contributed by atoms with Crippen LogP contribution in [0.3, 0.4) is 0 Å². The first-order valence-electron chi connectivity index (χ1n) is 5.81. The van der Waals surface area contributed by atoms with Crippen LogP contribution in [0.5, 0.6) is 0 Å². The molecule has 3 rings (SSSR count). The van der Waals surface area contributed by atoms with Crippen LogP contribution in [0.1, 0.15) is 25.1 Å². The van der Waals surface area contributed by atoms with Crippen molar-refractivity contribution in [3.05, 3.63) is 32.9 Å². The van der Waals surface area contributed by atoms with Crippen LogP contribution in [-0.4, -0.2) is 14.5 Å². The van der Waals surface area contributed by atoms with E-state index in [1.165, 1.54) is 0 Å². The molecule has 88 valence electrons. The molecule has 17 heavy (non-hydrogen) atoms. The average molecular weight is 294 g/mol. The van der Waals surface area contributed by atoms with Crippen LogP contribution in [-0.2, 0) is 13.0 Å². The first-order valence-corrected chi connectivity index (χ1v) is 6.60. The summed E-state index contributed by atoms with van der Waals surface area (Å²) in [5, 5.41) is 0. The quantitative estimate of drug-likeness (QED) is 0.749. The number of fused-ring (bicyclic) bond motifs is 2. The summed E-state index contributed by atoms with van der Waals surface area (Å²) in [7, 11) is 0. The molecular formula is C12H12BrN3O. The number of pyridine rings is 1. The second kappa shape index (κ2) is 4.22. The van der Waals surface area contributed by atoms with Crippen molar-refractivity contribution in [2.75, 3.05) is 0 Å². The second-order valence-electron chi connectivity index (χ2n) is 4.32. The van der Waals surface area contributed by atoms with Gasteiger partial charge in [-0.05, 0) is 34.8 Å². The summed E-state index contributed by atoms with van der Waals surface area (Å²) in [4.78, 5) is 21.0. The van der Waals surface area contributed by atoms with Gasteiger partial charge in [-0.25, -0.2) is 9.97 Å². The van der Waals surface area contributed by atoms with E-state index in [1.807, 2.05) is 6.07 Å². The van der Waals surface area contributed by atoms with Crippen molar-refractivity contribution in [1.82, 2.24) is 14.5 Å². The lowest BCUT2D eigenvalue weighted by atomic mass is 10.2. The molecule has 0 radical (unpaired) electrons. The fourth-order valence-electron chi connectivity index (χ4n) is 2.27. The molecule has 2 aromatic rings. The summed E-state index contributed by atoms with van der Waals surface area (Å²) in [6.45, 7) is 0.773. The van der Waals surface area contributed by atoms with E-state index in [0.717, 1.165) is 42.5 Å². The predicted molar refractivity (Wildman–Crippen MR) is 69.1 cm³/mol. The summed E-state index contributed by atoms with van der Waals surface area (Å²) in [5.41, 5.74) is 1.16. The Labute approximate surface area is 107 Å². The molecule has 0 atom stereocenters. The Morgan fingerprint density at radius 3 is 3.06 bits per heavy atom. The lowest BCUT2D eigenvalue weighted by Gasteiger charge is -2.09. The lowest BCUT2D eigenvalue weighted by Crippen LogP contribution is -2.25. The van der Waals surface area contributed by atoms with E-state index in [-0.39, 0.29) is 5.56 Å². The Kier molecular flexibility index (Phi) is 2.70. The van der Waals surface area contributed by atoms with Crippen molar-refractivity contribution in [3.8, 4) is 0 Å². The molecule has 0 fully saturated rings. The Hall–Kier alpha value is -1.23. The maximum Gasteiger partial charge on any atom is 0.280 e. The fourth-order valence-corrected chi connectivity index (χ4v) is 2.59. The Bertz CT molecular complexity index is 635. The van der Waals surface area contributed by atoms with Crippen LogP contribution >= 0.6 is 15.9 Å². The van der Waals surface area contributed by atoms with E-state index < -0.39 is 0 Å². The van der Waals surface area contributed by atoms with Crippen molar-refractivity contribution >= 4 is 27.0 Å². The van der Waals surface area contributed by atoms with Gasteiger partial charge in [0.2, 0.25) is 0 Å². The predicted octanol–water partition coefficient (Wildman–Crippen LogP) is 2.28. The van der Waals surface area contributed by atoms with Crippen molar-refractivity contribution in [2.45, 2.75) is 32.2 Å². The zero-order valence-corrected chi connectivity index (χ0v) is 10.9. The highest BCUT2D eigenvalue weighted by Gasteiger charge is 2.14. The van der Waals surface area contributed by atoms with Gasteiger partial charge in [0.25, 0.3) is 5.56 Å². The SMILES string of the molecule is O=c1c2ncc(Br)cc2nc2n1CCCCC2. The van der Waals surface area contributed by atoms with Crippen LogP contribution in [0, 0.1) is 0 Å². The highest BCUT2D eigenvalue weighted by molar-refractivity contribution is 9.10. The number of nitrogens with zero attached hydrogens (tertiary/aromatic N) is 3. The molecule has 0 aliphatic carbocycles. The van der Waals surface area contributed by atoms with Crippen molar-refractivity contribution in [2.24, 2.45) is 0 Å². The molecule has 0 saturated carbocycles. The van der Waals surface area contributed by atoms with Crippen LogP contribution in [0.2, 0.25) is 0 Å². The topological polar surface area (TPSA) is 47.8 Å². The van der Waals surface area contributed by atoms with E-state index >= 15 is 0 Å². The molecule has 0 spiro atoms. The molecule has 0 amide bonds. The van der Waals surface area contributed by atoms with Crippen LogP contribution in [0.15, 0.2) is 21.5 Å². The first-order chi connectivity index (χ1) is 8.25. The van der Waals surface area contributed by atoms with Crippen molar-refractivity contribution < 1.29 is 0 Å². The molecule has 0 saturated heterocycles. The molecule has 0 unspecified atom stereocenters. The summed E-state index contributed by atoms with van der Waals surface area (Å²) in [6, 6.07) is 1.86. The van der Waals surface area contributed by atoms with Gasteiger partial charge in [0, 0.05) is 23.6 Å². The second-order valence-corrected chi connectivity index (χ2v) is 5.23. The molecule has 1 aliphatic rings. The van der Waals surface area contributed by atoms with Crippen LogP contribution < -0.4 is 5.56 Å². The fraction of sp³-hybridized carbons (Fsp3) is 0.417. The minimum atomic E-state index is -0.000556. The number of aromatic nitrogens is 3. The van der Waals surface area contributed by atoms with Gasteiger partial charge < -0.3 is 0 Å². The molecule has 4 nitrogen and oxygen atoms in total. The molecule has 0 bridgehead atoms. The third-order valence-corrected chi connectivity index (χ3v) is 3.56. The Morgan fingerprint density at radius 1 is 1.29 bits per heavy atom. The monoisotopic (exact) mass is 293 g/mol. The zero-order chi connectivity index (χ0) is 11.8. The summed E-state index contributed by atoms with van der Waals surface area (Å²) >= 11 is 3.36. The number of halogens is 1. The maximum absolute atomic E-state index is 12.3. The third-order valence-electron chi connectivity index (χ3n) is 3.13. The molecule has 1 aliphatic heterocycles. The van der Waals surface area contributed by atoms with Gasteiger partial charge in [0.15, 0.2) is 5.52 Å². The minimum Gasteiger partial charge on any atom is -0.295 e. The first kappa shape index (κ1) is 10.9. The van der Waals surface area contributed by atoms with E-state index in [9.17, 15) is 4.79 Å².